The Hall–Kier alpha value is -6.26. The third-order valence-electron chi connectivity index (χ3n) is 15.0. The molecule has 15 nitrogen and oxygen atoms in total. The highest BCUT2D eigenvalue weighted by atomic mass is 35.5. The highest BCUT2D eigenvalue weighted by Crippen LogP contribution is 2.33. The van der Waals surface area contributed by atoms with Gasteiger partial charge in [0.15, 0.2) is 0 Å². The lowest BCUT2D eigenvalue weighted by atomic mass is 9.87. The molecule has 1 saturated carbocycles. The van der Waals surface area contributed by atoms with E-state index < -0.39 is 41.8 Å². The summed E-state index contributed by atoms with van der Waals surface area (Å²) in [6, 6.07) is 25.8. The van der Waals surface area contributed by atoms with Crippen LogP contribution < -0.4 is 15.4 Å². The van der Waals surface area contributed by atoms with Crippen molar-refractivity contribution in [2.75, 3.05) is 40.9 Å². The molecule has 3 fully saturated rings. The van der Waals surface area contributed by atoms with Crippen LogP contribution in [-0.4, -0.2) is 130 Å². The maximum absolute atomic E-state index is 15.3. The molecule has 392 valence electrons. The lowest BCUT2D eigenvalue weighted by Gasteiger charge is -2.40. The Morgan fingerprint density at radius 2 is 1.43 bits per heavy atom. The number of imidazole rings is 1. The SMILES string of the molecule is COC[C@@H]1NC(=O)[C@H](C)N(Cc2ccc(Cl)cc2Oc2ccc(-c3cnc(CN4CCC4)n3C)cc2)C(=O)C[C@@H](Cc2ccccc2)C(=O)N(C)[C@H]2CCCC[C@@H]2NC(=O)C[C@H](Cc2ccc(Cl)cc2)N(C)C1=O. The van der Waals surface area contributed by atoms with E-state index in [-0.39, 0.29) is 56.3 Å². The highest BCUT2D eigenvalue weighted by molar-refractivity contribution is 6.31. The van der Waals surface area contributed by atoms with Gasteiger partial charge in [-0.2, -0.15) is 0 Å². The Labute approximate surface area is 444 Å². The number of rotatable bonds is 13. The van der Waals surface area contributed by atoms with Gasteiger partial charge in [0, 0.05) is 74.4 Å². The van der Waals surface area contributed by atoms with Crippen molar-refractivity contribution >= 4 is 52.7 Å². The van der Waals surface area contributed by atoms with E-state index in [4.69, 9.17) is 37.7 Å². The molecule has 0 unspecified atom stereocenters. The van der Waals surface area contributed by atoms with E-state index in [1.54, 1.807) is 56.3 Å². The van der Waals surface area contributed by atoms with Crippen LogP contribution in [0.2, 0.25) is 10.0 Å². The zero-order chi connectivity index (χ0) is 52.5. The number of nitrogens with one attached hydrogen (secondary N) is 2. The molecule has 0 spiro atoms. The predicted octanol–water partition coefficient (Wildman–Crippen LogP) is 7.85. The van der Waals surface area contributed by atoms with Crippen molar-refractivity contribution < 1.29 is 33.4 Å². The maximum atomic E-state index is 15.3. The number of hydrogen-bond acceptors (Lipinski definition) is 9. The molecule has 3 aliphatic rings. The topological polar surface area (TPSA) is 159 Å². The van der Waals surface area contributed by atoms with Gasteiger partial charge in [0.05, 0.1) is 43.5 Å². The van der Waals surface area contributed by atoms with Gasteiger partial charge in [0.1, 0.15) is 29.4 Å². The normalized spacial score (nSPS) is 22.9. The highest BCUT2D eigenvalue weighted by Gasteiger charge is 2.39. The van der Waals surface area contributed by atoms with E-state index in [2.05, 4.69) is 20.1 Å². The summed E-state index contributed by atoms with van der Waals surface area (Å²) >= 11 is 12.9. The van der Waals surface area contributed by atoms with Gasteiger partial charge in [-0.25, -0.2) is 4.98 Å². The van der Waals surface area contributed by atoms with Crippen molar-refractivity contribution in [3.63, 3.8) is 0 Å². The molecule has 2 N–H and O–H groups in total. The molecular weight excluding hydrogens is 980 g/mol. The number of methoxy groups -OCH3 is 1. The fourth-order valence-corrected chi connectivity index (χ4v) is 10.7. The average molecular weight is 1050 g/mol. The molecule has 5 aromatic rings. The summed E-state index contributed by atoms with van der Waals surface area (Å²) in [6.07, 6.45) is 6.38. The predicted molar refractivity (Wildman–Crippen MR) is 285 cm³/mol. The smallest absolute Gasteiger partial charge is 0.247 e. The van der Waals surface area contributed by atoms with Crippen LogP contribution in [0.1, 0.15) is 74.4 Å². The fraction of sp³-hybridized carbons (Fsp3) is 0.439. The third kappa shape index (κ3) is 13.3. The number of fused-ring (bicyclic) bond motifs is 1. The van der Waals surface area contributed by atoms with Crippen LogP contribution >= 0.6 is 23.2 Å². The second-order valence-corrected chi connectivity index (χ2v) is 20.9. The molecule has 6 atom stereocenters. The maximum Gasteiger partial charge on any atom is 0.247 e. The van der Waals surface area contributed by atoms with Crippen LogP contribution in [0.4, 0.5) is 0 Å². The molecular formula is C57H68Cl2N8O7. The summed E-state index contributed by atoms with van der Waals surface area (Å²) in [5.74, 6) is -1.03. The van der Waals surface area contributed by atoms with Gasteiger partial charge in [-0.05, 0) is 112 Å². The van der Waals surface area contributed by atoms with Crippen molar-refractivity contribution in [2.24, 2.45) is 13.0 Å². The lowest BCUT2D eigenvalue weighted by Crippen LogP contribution is -2.58. The number of aromatic nitrogens is 2. The molecule has 8 rings (SSSR count). The van der Waals surface area contributed by atoms with E-state index in [0.717, 1.165) is 60.7 Å². The summed E-state index contributed by atoms with van der Waals surface area (Å²) < 4.78 is 14.2. The standard InChI is InChI=1S/C57H68Cl2N8O7/c1-37-55(70)62-48(36-73-5)57(72)63(2)45(29-39-16-21-43(58)22-17-39)32-53(68)61-47-14-9-10-15-49(47)65(4)56(71)42(28-38-12-7-6-8-13-38)30-54(69)67(37)34-41-18-23-44(59)31-51(41)74-46-24-19-40(20-25-46)50-33-60-52(64(50)3)35-66-26-11-27-66/h6-8,12-13,16-25,31,33,37,42,45,47-49H,9-11,14-15,26-30,32,34-36H2,1-5H3,(H,61,68)(H,62,70)/t37-,42+,45-,47-,48-,49-/m0/s1. The number of hydrogen-bond donors (Lipinski definition) is 2. The number of carbonyl (C=O) groups excluding carboxylic acids is 5. The number of ether oxygens (including phenoxy) is 2. The molecule has 1 aliphatic carbocycles. The van der Waals surface area contributed by atoms with Gasteiger partial charge in [-0.15, -0.1) is 0 Å². The summed E-state index contributed by atoms with van der Waals surface area (Å²) in [5.41, 5.74) is 4.21. The summed E-state index contributed by atoms with van der Waals surface area (Å²) in [4.78, 5) is 85.6. The first-order chi connectivity index (χ1) is 35.6. The fourth-order valence-electron chi connectivity index (χ4n) is 10.4. The third-order valence-corrected chi connectivity index (χ3v) is 15.5. The molecule has 2 aliphatic heterocycles. The van der Waals surface area contributed by atoms with Gasteiger partial charge < -0.3 is 39.4 Å². The number of benzene rings is 4. The molecule has 2 saturated heterocycles. The van der Waals surface area contributed by atoms with Crippen LogP contribution in [0, 0.1) is 5.92 Å². The average Bonchev–Trinajstić information content (AvgIpc) is 3.75. The first-order valence-corrected chi connectivity index (χ1v) is 26.4. The van der Waals surface area contributed by atoms with Gasteiger partial charge in [0.25, 0.3) is 0 Å². The molecule has 17 heteroatoms. The van der Waals surface area contributed by atoms with Crippen molar-refractivity contribution in [1.29, 1.82) is 0 Å². The molecule has 5 amide bonds. The summed E-state index contributed by atoms with van der Waals surface area (Å²) in [5, 5.41) is 7.10. The molecule has 74 heavy (non-hydrogen) atoms. The Balaban J connectivity index is 1.13. The number of halogens is 2. The largest absolute Gasteiger partial charge is 0.457 e. The van der Waals surface area contributed by atoms with E-state index in [9.17, 15) is 14.4 Å². The zero-order valence-electron chi connectivity index (χ0n) is 43.0. The second kappa shape index (κ2) is 24.8. The van der Waals surface area contributed by atoms with Crippen molar-refractivity contribution in [3.05, 3.63) is 136 Å². The summed E-state index contributed by atoms with van der Waals surface area (Å²) in [6.45, 7) is 4.26. The van der Waals surface area contributed by atoms with Crippen molar-refractivity contribution in [1.82, 2.24) is 39.8 Å². The minimum atomic E-state index is -1.19. The molecule has 3 heterocycles. The molecule has 4 aromatic carbocycles. The minimum absolute atomic E-state index is 0.0471. The number of carbonyl (C=O) groups is 5. The monoisotopic (exact) mass is 1050 g/mol. The van der Waals surface area contributed by atoms with Crippen LogP contribution in [0.3, 0.4) is 0 Å². The number of amides is 5. The Bertz CT molecular complexity index is 2750. The van der Waals surface area contributed by atoms with E-state index in [1.807, 2.05) is 80.0 Å². The van der Waals surface area contributed by atoms with Crippen LogP contribution in [0.15, 0.2) is 103 Å². The van der Waals surface area contributed by atoms with E-state index in [0.29, 0.717) is 46.4 Å². The number of likely N-dealkylation sites (N-methyl/N-ethyl adjacent to an activating group) is 2. The van der Waals surface area contributed by atoms with Crippen molar-refractivity contribution in [2.45, 2.75) is 108 Å². The molecule has 0 radical (unpaired) electrons. The first kappa shape index (κ1) is 54.0. The number of likely N-dealkylation sites (tertiary alicyclic amines) is 1. The van der Waals surface area contributed by atoms with Gasteiger partial charge >= 0.3 is 0 Å². The Morgan fingerprint density at radius 1 is 0.730 bits per heavy atom. The zero-order valence-corrected chi connectivity index (χ0v) is 44.5. The van der Waals surface area contributed by atoms with Gasteiger partial charge in [-0.1, -0.05) is 84.6 Å². The van der Waals surface area contributed by atoms with Crippen LogP contribution in [0.25, 0.3) is 11.3 Å². The first-order valence-electron chi connectivity index (χ1n) is 25.6. The van der Waals surface area contributed by atoms with Gasteiger partial charge in [0.2, 0.25) is 29.5 Å². The van der Waals surface area contributed by atoms with E-state index in [1.165, 1.54) is 23.3 Å². The molecule has 0 bridgehead atoms. The molecule has 1 aromatic heterocycles. The van der Waals surface area contributed by atoms with Gasteiger partial charge in [-0.3, -0.25) is 28.9 Å². The lowest BCUT2D eigenvalue weighted by molar-refractivity contribution is -0.147. The Kier molecular flexibility index (Phi) is 18.1. The van der Waals surface area contributed by atoms with Crippen LogP contribution in [-0.2, 0) is 61.7 Å². The van der Waals surface area contributed by atoms with Crippen molar-refractivity contribution in [3.8, 4) is 22.8 Å². The van der Waals surface area contributed by atoms with Crippen LogP contribution in [0.5, 0.6) is 11.5 Å². The quantitative estimate of drug-likeness (QED) is 0.120. The Morgan fingerprint density at radius 3 is 2.14 bits per heavy atom. The van der Waals surface area contributed by atoms with E-state index >= 15 is 9.59 Å². The minimum Gasteiger partial charge on any atom is -0.457 e. The number of nitrogens with zero attached hydrogens (tertiary/aromatic N) is 6. The second-order valence-electron chi connectivity index (χ2n) is 20.0. The summed E-state index contributed by atoms with van der Waals surface area (Å²) in [7, 11) is 6.83.